The van der Waals surface area contributed by atoms with Crippen molar-refractivity contribution < 1.29 is 9.53 Å². The van der Waals surface area contributed by atoms with Crippen molar-refractivity contribution in [1.82, 2.24) is 9.80 Å². The zero-order valence-corrected chi connectivity index (χ0v) is 17.3. The highest BCUT2D eigenvalue weighted by Gasteiger charge is 2.17. The molecule has 0 radical (unpaired) electrons. The molecule has 0 unspecified atom stereocenters. The van der Waals surface area contributed by atoms with Gasteiger partial charge >= 0.3 is 0 Å². The van der Waals surface area contributed by atoms with Crippen LogP contribution in [0.3, 0.4) is 0 Å². The Morgan fingerprint density at radius 1 is 1.19 bits per heavy atom. The lowest BCUT2D eigenvalue weighted by molar-refractivity contribution is -0.131. The van der Waals surface area contributed by atoms with E-state index in [4.69, 9.17) is 4.74 Å². The van der Waals surface area contributed by atoms with Crippen LogP contribution in [-0.4, -0.2) is 55.1 Å². The van der Waals surface area contributed by atoms with Crippen molar-refractivity contribution in [3.63, 3.8) is 0 Å². The molecule has 26 heavy (non-hydrogen) atoms. The minimum atomic E-state index is 0.187. The second kappa shape index (κ2) is 10.2. The van der Waals surface area contributed by atoms with Gasteiger partial charge in [-0.3, -0.25) is 9.69 Å². The molecular weight excluding hydrogens is 412 g/mol. The van der Waals surface area contributed by atoms with Gasteiger partial charge in [0.05, 0.1) is 26.2 Å². The quantitative estimate of drug-likeness (QED) is 0.630. The average molecular weight is 437 g/mol. The Morgan fingerprint density at radius 3 is 2.73 bits per heavy atom. The predicted molar refractivity (Wildman–Crippen MR) is 109 cm³/mol. The monoisotopic (exact) mass is 436 g/mol. The SMILES string of the molecule is O=C(Cc1ccccc1Br)N(CCCN1CCOCC1)Cc1cccs1. The van der Waals surface area contributed by atoms with Crippen molar-refractivity contribution in [3.8, 4) is 0 Å². The lowest BCUT2D eigenvalue weighted by atomic mass is 10.1. The number of hydrogen-bond donors (Lipinski definition) is 0. The molecule has 2 heterocycles. The van der Waals surface area contributed by atoms with E-state index >= 15 is 0 Å². The first kappa shape index (κ1) is 19.5. The first-order valence-corrected chi connectivity index (χ1v) is 10.7. The Bertz CT molecular complexity index is 687. The highest BCUT2D eigenvalue weighted by Crippen LogP contribution is 2.19. The van der Waals surface area contributed by atoms with Crippen LogP contribution in [0.2, 0.25) is 0 Å². The lowest BCUT2D eigenvalue weighted by Gasteiger charge is -2.28. The summed E-state index contributed by atoms with van der Waals surface area (Å²) in [6.07, 6.45) is 1.43. The molecule has 6 heteroatoms. The average Bonchev–Trinajstić information content (AvgIpc) is 3.17. The third kappa shape index (κ3) is 5.91. The summed E-state index contributed by atoms with van der Waals surface area (Å²) in [7, 11) is 0. The van der Waals surface area contributed by atoms with Gasteiger partial charge in [0.25, 0.3) is 0 Å². The highest BCUT2D eigenvalue weighted by atomic mass is 79.9. The van der Waals surface area contributed by atoms with E-state index in [9.17, 15) is 4.79 Å². The van der Waals surface area contributed by atoms with E-state index in [0.29, 0.717) is 13.0 Å². The van der Waals surface area contributed by atoms with Gasteiger partial charge in [-0.25, -0.2) is 0 Å². The molecule has 1 saturated heterocycles. The van der Waals surface area contributed by atoms with E-state index in [1.165, 1.54) is 4.88 Å². The number of nitrogens with zero attached hydrogens (tertiary/aromatic N) is 2. The number of halogens is 1. The maximum absolute atomic E-state index is 12.9. The van der Waals surface area contributed by atoms with Crippen LogP contribution in [0.15, 0.2) is 46.3 Å². The van der Waals surface area contributed by atoms with Crippen molar-refractivity contribution in [2.45, 2.75) is 19.4 Å². The molecule has 0 bridgehead atoms. The standard InChI is InChI=1S/C20H25BrN2O2S/c21-19-7-2-1-5-17(19)15-20(24)23(16-18-6-3-14-26-18)9-4-8-22-10-12-25-13-11-22/h1-3,5-7,14H,4,8-13,15-16H2. The molecule has 0 atom stereocenters. The van der Waals surface area contributed by atoms with Gasteiger partial charge in [0, 0.05) is 35.5 Å². The molecule has 1 aromatic heterocycles. The molecule has 0 saturated carbocycles. The molecule has 0 spiro atoms. The van der Waals surface area contributed by atoms with Crippen molar-refractivity contribution in [1.29, 1.82) is 0 Å². The highest BCUT2D eigenvalue weighted by molar-refractivity contribution is 9.10. The molecule has 2 aromatic rings. The molecule has 0 aliphatic carbocycles. The molecule has 0 N–H and O–H groups in total. The summed E-state index contributed by atoms with van der Waals surface area (Å²) in [5.41, 5.74) is 1.04. The predicted octanol–water partition coefficient (Wildman–Crippen LogP) is 3.80. The Labute approximate surface area is 167 Å². The van der Waals surface area contributed by atoms with Gasteiger partial charge in [-0.1, -0.05) is 40.2 Å². The second-order valence-electron chi connectivity index (χ2n) is 6.47. The van der Waals surface area contributed by atoms with Gasteiger partial charge in [0.2, 0.25) is 5.91 Å². The van der Waals surface area contributed by atoms with Gasteiger partial charge in [-0.15, -0.1) is 11.3 Å². The molecule has 1 fully saturated rings. The van der Waals surface area contributed by atoms with Crippen LogP contribution in [0.25, 0.3) is 0 Å². The normalized spacial score (nSPS) is 15.1. The van der Waals surface area contributed by atoms with E-state index < -0.39 is 0 Å². The van der Waals surface area contributed by atoms with Crippen molar-refractivity contribution >= 4 is 33.2 Å². The minimum absolute atomic E-state index is 0.187. The number of hydrogen-bond acceptors (Lipinski definition) is 4. The number of benzene rings is 1. The number of carbonyl (C=O) groups excluding carboxylic acids is 1. The third-order valence-electron chi connectivity index (χ3n) is 4.59. The molecule has 1 aliphatic rings. The number of carbonyl (C=O) groups is 1. The number of ether oxygens (including phenoxy) is 1. The Kier molecular flexibility index (Phi) is 7.68. The first-order chi connectivity index (χ1) is 12.7. The zero-order chi connectivity index (χ0) is 18.2. The summed E-state index contributed by atoms with van der Waals surface area (Å²) in [5, 5.41) is 2.07. The van der Waals surface area contributed by atoms with Crippen molar-refractivity contribution in [3.05, 3.63) is 56.7 Å². The van der Waals surface area contributed by atoms with Crippen molar-refractivity contribution in [2.75, 3.05) is 39.4 Å². The lowest BCUT2D eigenvalue weighted by Crippen LogP contribution is -2.39. The molecule has 1 aromatic carbocycles. The Balaban J connectivity index is 1.58. The summed E-state index contributed by atoms with van der Waals surface area (Å²) >= 11 is 5.26. The van der Waals surface area contributed by atoms with Crippen LogP contribution >= 0.6 is 27.3 Å². The van der Waals surface area contributed by atoms with E-state index in [2.05, 4.69) is 32.3 Å². The molecular formula is C20H25BrN2O2S. The number of thiophene rings is 1. The van der Waals surface area contributed by atoms with E-state index in [0.717, 1.165) is 55.8 Å². The van der Waals surface area contributed by atoms with Gasteiger partial charge in [-0.2, -0.15) is 0 Å². The Hall–Kier alpha value is -1.21. The van der Waals surface area contributed by atoms with Gasteiger partial charge in [-0.05, 0) is 29.5 Å². The fourth-order valence-corrected chi connectivity index (χ4v) is 4.25. The number of rotatable bonds is 8. The van der Waals surface area contributed by atoms with Crippen LogP contribution < -0.4 is 0 Å². The van der Waals surface area contributed by atoms with E-state index in [-0.39, 0.29) is 5.91 Å². The van der Waals surface area contributed by atoms with Crippen LogP contribution in [0, 0.1) is 0 Å². The summed E-state index contributed by atoms with van der Waals surface area (Å²) in [6.45, 7) is 6.14. The fourth-order valence-electron chi connectivity index (χ4n) is 3.11. The second-order valence-corrected chi connectivity index (χ2v) is 8.36. The molecule has 4 nitrogen and oxygen atoms in total. The Morgan fingerprint density at radius 2 is 2.00 bits per heavy atom. The first-order valence-electron chi connectivity index (χ1n) is 9.06. The number of morpholine rings is 1. The number of amides is 1. The summed E-state index contributed by atoms with van der Waals surface area (Å²) < 4.78 is 6.40. The molecule has 1 amide bonds. The summed E-state index contributed by atoms with van der Waals surface area (Å²) in [6, 6.07) is 12.1. The maximum atomic E-state index is 12.9. The summed E-state index contributed by atoms with van der Waals surface area (Å²) in [5.74, 6) is 0.187. The summed E-state index contributed by atoms with van der Waals surface area (Å²) in [4.78, 5) is 18.6. The zero-order valence-electron chi connectivity index (χ0n) is 14.9. The van der Waals surface area contributed by atoms with E-state index in [1.807, 2.05) is 35.2 Å². The smallest absolute Gasteiger partial charge is 0.227 e. The molecule has 3 rings (SSSR count). The van der Waals surface area contributed by atoms with Gasteiger partial charge in [0.15, 0.2) is 0 Å². The van der Waals surface area contributed by atoms with E-state index in [1.54, 1.807) is 11.3 Å². The largest absolute Gasteiger partial charge is 0.379 e. The van der Waals surface area contributed by atoms with Gasteiger partial charge < -0.3 is 9.64 Å². The topological polar surface area (TPSA) is 32.8 Å². The molecule has 140 valence electrons. The van der Waals surface area contributed by atoms with Crippen LogP contribution in [0.1, 0.15) is 16.9 Å². The van der Waals surface area contributed by atoms with Crippen molar-refractivity contribution in [2.24, 2.45) is 0 Å². The third-order valence-corrected chi connectivity index (χ3v) is 6.22. The van der Waals surface area contributed by atoms with Crippen LogP contribution in [0.5, 0.6) is 0 Å². The van der Waals surface area contributed by atoms with Crippen LogP contribution in [-0.2, 0) is 22.5 Å². The minimum Gasteiger partial charge on any atom is -0.379 e. The molecule has 1 aliphatic heterocycles. The van der Waals surface area contributed by atoms with Crippen LogP contribution in [0.4, 0.5) is 0 Å². The van der Waals surface area contributed by atoms with Gasteiger partial charge in [0.1, 0.15) is 0 Å². The fraction of sp³-hybridized carbons (Fsp3) is 0.450. The maximum Gasteiger partial charge on any atom is 0.227 e.